The van der Waals surface area contributed by atoms with Crippen LogP contribution < -0.4 is 0 Å². The van der Waals surface area contributed by atoms with Gasteiger partial charge < -0.3 is 0 Å². The van der Waals surface area contributed by atoms with Crippen molar-refractivity contribution in [2.75, 3.05) is 0 Å². The van der Waals surface area contributed by atoms with Crippen LogP contribution in [-0.2, 0) is 0 Å². The SMILES string of the molecule is O=Cc1ncccc1[N+](=O)[O-]. The summed E-state index contributed by atoms with van der Waals surface area (Å²) in [6.45, 7) is 0. The minimum absolute atomic E-state index is 0.141. The van der Waals surface area contributed by atoms with E-state index < -0.39 is 4.92 Å². The fourth-order valence-electron chi connectivity index (χ4n) is 0.654. The third-order valence-corrected chi connectivity index (χ3v) is 1.12. The van der Waals surface area contributed by atoms with Crippen LogP contribution in [0.1, 0.15) is 10.5 Å². The highest BCUT2D eigenvalue weighted by Crippen LogP contribution is 2.11. The first-order chi connectivity index (χ1) is 5.25. The number of hydrogen-bond acceptors (Lipinski definition) is 4. The van der Waals surface area contributed by atoms with E-state index in [1.54, 1.807) is 0 Å². The Morgan fingerprint density at radius 1 is 1.64 bits per heavy atom. The molecule has 0 aromatic carbocycles. The molecule has 0 saturated carbocycles. The van der Waals surface area contributed by atoms with Crippen molar-refractivity contribution < 1.29 is 9.72 Å². The van der Waals surface area contributed by atoms with Crippen molar-refractivity contribution in [3.63, 3.8) is 0 Å². The summed E-state index contributed by atoms with van der Waals surface area (Å²) in [6.07, 6.45) is 1.69. The summed E-state index contributed by atoms with van der Waals surface area (Å²) in [5, 5.41) is 10.2. The summed E-state index contributed by atoms with van der Waals surface area (Å²) >= 11 is 0. The zero-order valence-corrected chi connectivity index (χ0v) is 5.43. The summed E-state index contributed by atoms with van der Waals surface area (Å²) in [5.74, 6) is 0. The van der Waals surface area contributed by atoms with Crippen LogP contribution in [-0.4, -0.2) is 16.2 Å². The van der Waals surface area contributed by atoms with E-state index in [9.17, 15) is 14.9 Å². The predicted molar refractivity (Wildman–Crippen MR) is 36.3 cm³/mol. The van der Waals surface area contributed by atoms with Gasteiger partial charge in [0.2, 0.25) is 0 Å². The molecule has 0 fully saturated rings. The molecule has 0 unspecified atom stereocenters. The lowest BCUT2D eigenvalue weighted by Gasteiger charge is -1.90. The Bertz CT molecular complexity index is 298. The molecule has 56 valence electrons. The van der Waals surface area contributed by atoms with Gasteiger partial charge in [-0.25, -0.2) is 4.98 Å². The predicted octanol–water partition coefficient (Wildman–Crippen LogP) is 0.802. The molecule has 0 atom stereocenters. The Morgan fingerprint density at radius 3 is 2.82 bits per heavy atom. The molecule has 0 radical (unpaired) electrons. The largest absolute Gasteiger partial charge is 0.298 e. The number of carbonyl (C=O) groups is 1. The molecule has 5 heteroatoms. The molecule has 0 amide bonds. The van der Waals surface area contributed by atoms with Gasteiger partial charge >= 0.3 is 0 Å². The first-order valence-corrected chi connectivity index (χ1v) is 2.80. The molecule has 1 aromatic rings. The number of rotatable bonds is 2. The quantitative estimate of drug-likeness (QED) is 0.357. The van der Waals surface area contributed by atoms with Crippen molar-refractivity contribution in [1.82, 2.24) is 4.98 Å². The lowest BCUT2D eigenvalue weighted by molar-refractivity contribution is -0.385. The average molecular weight is 152 g/mol. The van der Waals surface area contributed by atoms with Crippen LogP contribution in [0.2, 0.25) is 0 Å². The molecule has 0 aliphatic heterocycles. The number of nitro groups is 1. The highest BCUT2D eigenvalue weighted by atomic mass is 16.6. The lowest BCUT2D eigenvalue weighted by atomic mass is 10.3. The van der Waals surface area contributed by atoms with E-state index in [-0.39, 0.29) is 11.4 Å². The van der Waals surface area contributed by atoms with Gasteiger partial charge in [-0.1, -0.05) is 0 Å². The van der Waals surface area contributed by atoms with Gasteiger partial charge in [0.15, 0.2) is 12.0 Å². The van der Waals surface area contributed by atoms with Crippen LogP contribution >= 0.6 is 0 Å². The molecule has 0 N–H and O–H groups in total. The summed E-state index contributed by atoms with van der Waals surface area (Å²) in [7, 11) is 0. The van der Waals surface area contributed by atoms with E-state index in [4.69, 9.17) is 0 Å². The van der Waals surface area contributed by atoms with Crippen molar-refractivity contribution >= 4 is 12.0 Å². The first-order valence-electron chi connectivity index (χ1n) is 2.80. The topological polar surface area (TPSA) is 73.1 Å². The van der Waals surface area contributed by atoms with E-state index in [0.29, 0.717) is 6.29 Å². The van der Waals surface area contributed by atoms with Crippen LogP contribution in [0.3, 0.4) is 0 Å². The Labute approximate surface area is 61.8 Å². The highest BCUT2D eigenvalue weighted by molar-refractivity contribution is 5.77. The number of nitrogens with zero attached hydrogens (tertiary/aromatic N) is 2. The zero-order valence-electron chi connectivity index (χ0n) is 5.43. The summed E-state index contributed by atoms with van der Waals surface area (Å²) < 4.78 is 0. The summed E-state index contributed by atoms with van der Waals surface area (Å²) in [5.41, 5.74) is -0.403. The number of aromatic nitrogens is 1. The van der Waals surface area contributed by atoms with Crippen molar-refractivity contribution in [2.45, 2.75) is 0 Å². The summed E-state index contributed by atoms with van der Waals surface area (Å²) in [6, 6.07) is 2.64. The van der Waals surface area contributed by atoms with Crippen LogP contribution in [0.25, 0.3) is 0 Å². The lowest BCUT2D eigenvalue weighted by Crippen LogP contribution is -1.95. The maximum atomic E-state index is 10.2. The smallest absolute Gasteiger partial charge is 0.296 e. The van der Waals surface area contributed by atoms with E-state index >= 15 is 0 Å². The van der Waals surface area contributed by atoms with Gasteiger partial charge in [0.25, 0.3) is 5.69 Å². The van der Waals surface area contributed by atoms with Gasteiger partial charge in [0, 0.05) is 12.3 Å². The van der Waals surface area contributed by atoms with Crippen LogP contribution in [0.5, 0.6) is 0 Å². The van der Waals surface area contributed by atoms with E-state index in [0.717, 1.165) is 0 Å². The third-order valence-electron chi connectivity index (χ3n) is 1.12. The van der Waals surface area contributed by atoms with Crippen LogP contribution in [0.4, 0.5) is 5.69 Å². The minimum Gasteiger partial charge on any atom is -0.296 e. The standard InChI is InChI=1S/C6H4N2O3/c9-4-5-6(8(10)11)2-1-3-7-5/h1-4H. The highest BCUT2D eigenvalue weighted by Gasteiger charge is 2.11. The molecular weight excluding hydrogens is 148 g/mol. The van der Waals surface area contributed by atoms with Gasteiger partial charge in [-0.2, -0.15) is 0 Å². The fourth-order valence-corrected chi connectivity index (χ4v) is 0.654. The van der Waals surface area contributed by atoms with E-state index in [1.807, 2.05) is 0 Å². The van der Waals surface area contributed by atoms with Crippen LogP contribution in [0.15, 0.2) is 18.3 Å². The Kier molecular flexibility index (Phi) is 1.91. The maximum absolute atomic E-state index is 10.2. The normalized spacial score (nSPS) is 9.09. The van der Waals surface area contributed by atoms with Crippen molar-refractivity contribution in [1.29, 1.82) is 0 Å². The van der Waals surface area contributed by atoms with Crippen molar-refractivity contribution in [3.05, 3.63) is 34.1 Å². The number of hydrogen-bond donors (Lipinski definition) is 0. The molecule has 1 aromatic heterocycles. The number of aldehydes is 1. The van der Waals surface area contributed by atoms with Gasteiger partial charge in [0.05, 0.1) is 4.92 Å². The third kappa shape index (κ3) is 1.37. The monoisotopic (exact) mass is 152 g/mol. The Balaban J connectivity index is 3.22. The summed E-state index contributed by atoms with van der Waals surface area (Å²) in [4.78, 5) is 23.2. The first kappa shape index (κ1) is 7.33. The van der Waals surface area contributed by atoms with Gasteiger partial charge in [-0.05, 0) is 6.07 Å². The number of carbonyl (C=O) groups excluding carboxylic acids is 1. The second kappa shape index (κ2) is 2.87. The van der Waals surface area contributed by atoms with E-state index in [1.165, 1.54) is 18.3 Å². The maximum Gasteiger partial charge on any atom is 0.298 e. The molecular formula is C6H4N2O3. The molecule has 1 rings (SSSR count). The van der Waals surface area contributed by atoms with Gasteiger partial charge in [0.1, 0.15) is 0 Å². The van der Waals surface area contributed by atoms with Crippen molar-refractivity contribution in [2.24, 2.45) is 0 Å². The Hall–Kier alpha value is -1.78. The van der Waals surface area contributed by atoms with E-state index in [2.05, 4.69) is 4.98 Å². The Morgan fingerprint density at radius 2 is 2.36 bits per heavy atom. The molecule has 1 heterocycles. The molecule has 0 bridgehead atoms. The minimum atomic E-state index is -0.642. The van der Waals surface area contributed by atoms with Gasteiger partial charge in [-0.3, -0.25) is 14.9 Å². The molecule has 0 spiro atoms. The zero-order chi connectivity index (χ0) is 8.27. The molecule has 5 nitrogen and oxygen atoms in total. The second-order valence-electron chi connectivity index (χ2n) is 1.78. The van der Waals surface area contributed by atoms with Gasteiger partial charge in [-0.15, -0.1) is 0 Å². The fraction of sp³-hybridized carbons (Fsp3) is 0. The average Bonchev–Trinajstić information content (AvgIpc) is 2.04. The molecule has 0 saturated heterocycles. The van der Waals surface area contributed by atoms with Crippen LogP contribution in [0, 0.1) is 10.1 Å². The number of pyridine rings is 1. The van der Waals surface area contributed by atoms with Crippen molar-refractivity contribution in [3.8, 4) is 0 Å². The second-order valence-corrected chi connectivity index (χ2v) is 1.78. The molecule has 11 heavy (non-hydrogen) atoms. The molecule has 0 aliphatic carbocycles. The molecule has 0 aliphatic rings.